The molecule has 1 N–H and O–H groups in total. The first-order valence-electron chi connectivity index (χ1n) is 7.04. The first-order valence-corrected chi connectivity index (χ1v) is 9.07. The van der Waals surface area contributed by atoms with Crippen molar-refractivity contribution in [2.24, 2.45) is 0 Å². The third-order valence-electron chi connectivity index (χ3n) is 3.21. The largest absolute Gasteiger partial charge is 0.354 e. The van der Waals surface area contributed by atoms with Gasteiger partial charge >= 0.3 is 5.69 Å². The van der Waals surface area contributed by atoms with E-state index in [1.807, 2.05) is 11.4 Å². The molecular formula is C14H18N4O3S2. The van der Waals surface area contributed by atoms with Gasteiger partial charge in [-0.3, -0.25) is 19.6 Å². The fourth-order valence-corrected chi connectivity index (χ4v) is 3.83. The van der Waals surface area contributed by atoms with Crippen molar-refractivity contribution in [1.29, 1.82) is 0 Å². The van der Waals surface area contributed by atoms with Gasteiger partial charge in [0.2, 0.25) is 5.91 Å². The van der Waals surface area contributed by atoms with Gasteiger partial charge in [-0.2, -0.15) is 16.9 Å². The van der Waals surface area contributed by atoms with E-state index in [-0.39, 0.29) is 18.1 Å². The number of aryl methyl sites for hydroxylation is 1. The summed E-state index contributed by atoms with van der Waals surface area (Å²) in [6.07, 6.45) is 0. The molecule has 0 aliphatic rings. The molecule has 2 aromatic rings. The van der Waals surface area contributed by atoms with Gasteiger partial charge < -0.3 is 5.32 Å². The highest BCUT2D eigenvalue weighted by atomic mass is 32.2. The van der Waals surface area contributed by atoms with Crippen LogP contribution in [0.15, 0.2) is 17.5 Å². The van der Waals surface area contributed by atoms with Gasteiger partial charge in [0.25, 0.3) is 0 Å². The third-order valence-corrected chi connectivity index (χ3v) is 5.28. The number of carbonyl (C=O) groups is 1. The van der Waals surface area contributed by atoms with Crippen molar-refractivity contribution in [1.82, 2.24) is 15.1 Å². The number of carbonyl (C=O) groups excluding carboxylic acids is 1. The van der Waals surface area contributed by atoms with E-state index in [2.05, 4.69) is 16.5 Å². The molecule has 23 heavy (non-hydrogen) atoms. The molecule has 0 fully saturated rings. The van der Waals surface area contributed by atoms with Crippen molar-refractivity contribution in [3.8, 4) is 0 Å². The first-order chi connectivity index (χ1) is 11.0. The Hall–Kier alpha value is -1.87. The van der Waals surface area contributed by atoms with Crippen molar-refractivity contribution in [2.75, 3.05) is 12.3 Å². The molecule has 2 heterocycles. The van der Waals surface area contributed by atoms with Gasteiger partial charge in [-0.05, 0) is 25.3 Å². The lowest BCUT2D eigenvalue weighted by Gasteiger charge is -2.06. The van der Waals surface area contributed by atoms with Crippen LogP contribution >= 0.6 is 23.1 Å². The third kappa shape index (κ3) is 4.80. The molecule has 1 amide bonds. The average molecular weight is 354 g/mol. The van der Waals surface area contributed by atoms with Crippen LogP contribution in [0.5, 0.6) is 0 Å². The minimum Gasteiger partial charge on any atom is -0.354 e. The minimum absolute atomic E-state index is 0.00386. The zero-order valence-electron chi connectivity index (χ0n) is 12.9. The van der Waals surface area contributed by atoms with Crippen LogP contribution in [0.1, 0.15) is 16.3 Å². The highest BCUT2D eigenvalue weighted by Crippen LogP contribution is 2.21. The number of thiophene rings is 1. The fraction of sp³-hybridized carbons (Fsp3) is 0.429. The summed E-state index contributed by atoms with van der Waals surface area (Å²) in [5, 5.41) is 19.8. The van der Waals surface area contributed by atoms with Gasteiger partial charge in [-0.25, -0.2) is 0 Å². The summed E-state index contributed by atoms with van der Waals surface area (Å²) in [5.74, 6) is 1.57. The smallest absolute Gasteiger partial charge is 0.312 e. The van der Waals surface area contributed by atoms with E-state index >= 15 is 0 Å². The monoisotopic (exact) mass is 354 g/mol. The minimum atomic E-state index is -0.465. The number of hydrogen-bond acceptors (Lipinski definition) is 6. The number of nitrogens with one attached hydrogen (secondary N) is 1. The lowest BCUT2D eigenvalue weighted by Crippen LogP contribution is -2.30. The molecule has 124 valence electrons. The molecule has 9 heteroatoms. The maximum absolute atomic E-state index is 11.9. The van der Waals surface area contributed by atoms with Gasteiger partial charge in [-0.15, -0.1) is 11.3 Å². The number of thioether (sulfide) groups is 1. The van der Waals surface area contributed by atoms with Crippen molar-refractivity contribution < 1.29 is 9.72 Å². The Morgan fingerprint density at radius 3 is 2.91 bits per heavy atom. The first kappa shape index (κ1) is 17.5. The zero-order valence-corrected chi connectivity index (χ0v) is 14.6. The summed E-state index contributed by atoms with van der Waals surface area (Å²) in [6.45, 7) is 3.73. The molecule has 0 spiro atoms. The summed E-state index contributed by atoms with van der Waals surface area (Å²) in [6, 6.07) is 4.11. The Kier molecular flexibility index (Phi) is 6.17. The normalized spacial score (nSPS) is 10.7. The molecule has 0 bridgehead atoms. The molecule has 2 rings (SSSR count). The van der Waals surface area contributed by atoms with Crippen LogP contribution in [0.25, 0.3) is 0 Å². The Balaban J connectivity index is 1.74. The van der Waals surface area contributed by atoms with Crippen molar-refractivity contribution in [3.63, 3.8) is 0 Å². The topological polar surface area (TPSA) is 90.1 Å². The number of rotatable bonds is 8. The average Bonchev–Trinajstić information content (AvgIpc) is 3.07. The van der Waals surface area contributed by atoms with Crippen LogP contribution in [-0.4, -0.2) is 32.9 Å². The number of nitro groups is 1. The summed E-state index contributed by atoms with van der Waals surface area (Å²) in [4.78, 5) is 23.7. The molecule has 0 atom stereocenters. The molecule has 7 nitrogen and oxygen atoms in total. The molecule has 0 aliphatic carbocycles. The molecule has 0 aromatic carbocycles. The molecule has 0 unspecified atom stereocenters. The van der Waals surface area contributed by atoms with Crippen molar-refractivity contribution in [3.05, 3.63) is 43.9 Å². The second kappa shape index (κ2) is 8.11. The highest BCUT2D eigenvalue weighted by molar-refractivity contribution is 7.98. The van der Waals surface area contributed by atoms with Gasteiger partial charge in [-0.1, -0.05) is 6.07 Å². The standard InChI is InChI=1S/C14H18N4O3S2/c1-10-14(18(20)21)11(2)17(16-10)8-13(19)15-5-7-22-9-12-4-3-6-23-12/h3-4,6H,5,7-9H2,1-2H3,(H,15,19). The van der Waals surface area contributed by atoms with Crippen molar-refractivity contribution >= 4 is 34.7 Å². The molecule has 0 aliphatic heterocycles. The summed E-state index contributed by atoms with van der Waals surface area (Å²) in [7, 11) is 0. The maximum atomic E-state index is 11.9. The molecular weight excluding hydrogens is 336 g/mol. The van der Waals surface area contributed by atoms with Crippen LogP contribution in [0.2, 0.25) is 0 Å². The van der Waals surface area contributed by atoms with Gasteiger partial charge in [0.05, 0.1) is 4.92 Å². The van der Waals surface area contributed by atoms with E-state index in [9.17, 15) is 14.9 Å². The van der Waals surface area contributed by atoms with Crippen LogP contribution in [0.4, 0.5) is 5.69 Å². The van der Waals surface area contributed by atoms with E-state index in [1.54, 1.807) is 36.9 Å². The second-order valence-corrected chi connectivity index (χ2v) is 7.05. The number of amides is 1. The molecule has 2 aromatic heterocycles. The summed E-state index contributed by atoms with van der Waals surface area (Å²) >= 11 is 3.48. The van der Waals surface area contributed by atoms with Crippen LogP contribution in [0.3, 0.4) is 0 Å². The quantitative estimate of drug-likeness (QED) is 0.447. The Bertz CT molecular complexity index is 683. The van der Waals surface area contributed by atoms with Gasteiger partial charge in [0, 0.05) is 22.9 Å². The highest BCUT2D eigenvalue weighted by Gasteiger charge is 2.22. The van der Waals surface area contributed by atoms with E-state index in [0.29, 0.717) is 17.9 Å². The fourth-order valence-electron chi connectivity index (χ4n) is 2.13. The van der Waals surface area contributed by atoms with E-state index in [0.717, 1.165) is 11.5 Å². The number of hydrogen-bond donors (Lipinski definition) is 1. The SMILES string of the molecule is Cc1nn(CC(=O)NCCSCc2cccs2)c(C)c1[N+](=O)[O-]. The number of aromatic nitrogens is 2. The number of nitrogens with zero attached hydrogens (tertiary/aromatic N) is 3. The predicted molar refractivity (Wildman–Crippen MR) is 91.8 cm³/mol. The molecule has 0 saturated carbocycles. The van der Waals surface area contributed by atoms with Crippen molar-refractivity contribution in [2.45, 2.75) is 26.1 Å². The zero-order chi connectivity index (χ0) is 16.8. The Labute approximate surface area is 142 Å². The summed E-state index contributed by atoms with van der Waals surface area (Å²) < 4.78 is 1.38. The summed E-state index contributed by atoms with van der Waals surface area (Å²) in [5.41, 5.74) is 0.700. The Morgan fingerprint density at radius 1 is 1.52 bits per heavy atom. The lowest BCUT2D eigenvalue weighted by atomic mass is 10.3. The van der Waals surface area contributed by atoms with E-state index in [4.69, 9.17) is 0 Å². The predicted octanol–water partition coefficient (Wildman–Crippen LogP) is 2.52. The van der Waals surface area contributed by atoms with E-state index < -0.39 is 4.92 Å². The van der Waals surface area contributed by atoms with Crippen LogP contribution < -0.4 is 5.32 Å². The van der Waals surface area contributed by atoms with Crippen LogP contribution in [-0.2, 0) is 17.1 Å². The maximum Gasteiger partial charge on any atom is 0.312 e. The van der Waals surface area contributed by atoms with Crippen LogP contribution in [0, 0.1) is 24.0 Å². The molecule has 0 radical (unpaired) electrons. The Morgan fingerprint density at radius 2 is 2.30 bits per heavy atom. The lowest BCUT2D eigenvalue weighted by molar-refractivity contribution is -0.386. The van der Waals surface area contributed by atoms with Gasteiger partial charge in [0.1, 0.15) is 17.9 Å². The van der Waals surface area contributed by atoms with E-state index in [1.165, 1.54) is 9.56 Å². The molecule has 0 saturated heterocycles. The second-order valence-electron chi connectivity index (χ2n) is 4.92. The van der Waals surface area contributed by atoms with Gasteiger partial charge in [0.15, 0.2) is 0 Å².